The van der Waals surface area contributed by atoms with Crippen molar-refractivity contribution in [3.8, 4) is 0 Å². The van der Waals surface area contributed by atoms with Gasteiger partial charge in [0, 0.05) is 7.11 Å². The van der Waals surface area contributed by atoms with Gasteiger partial charge < -0.3 is 9.84 Å². The van der Waals surface area contributed by atoms with E-state index in [2.05, 4.69) is 10.2 Å². The van der Waals surface area contributed by atoms with Gasteiger partial charge in [-0.3, -0.25) is 9.36 Å². The van der Waals surface area contributed by atoms with Crippen molar-refractivity contribution in [1.29, 1.82) is 0 Å². The molecule has 17 heavy (non-hydrogen) atoms. The van der Waals surface area contributed by atoms with E-state index in [9.17, 15) is 9.59 Å². The van der Waals surface area contributed by atoms with Gasteiger partial charge in [-0.15, -0.1) is 5.10 Å². The molecule has 0 aromatic carbocycles. The van der Waals surface area contributed by atoms with Crippen LogP contribution >= 0.6 is 11.8 Å². The van der Waals surface area contributed by atoms with Gasteiger partial charge in [-0.05, 0) is 13.8 Å². The molecule has 0 atom stereocenters. The van der Waals surface area contributed by atoms with E-state index in [-0.39, 0.29) is 11.4 Å². The number of aliphatic carboxylic acids is 1. The maximum Gasteiger partial charge on any atom is 0.344 e. The fraction of sp³-hybridized carbons (Fsp3) is 0.667. The van der Waals surface area contributed by atoms with Crippen LogP contribution in [-0.4, -0.2) is 45.3 Å². The van der Waals surface area contributed by atoms with Crippen LogP contribution in [0, 0.1) is 0 Å². The Morgan fingerprint density at radius 1 is 1.65 bits per heavy atom. The number of methoxy groups -OCH3 is 1. The van der Waals surface area contributed by atoms with Crippen molar-refractivity contribution in [2.24, 2.45) is 0 Å². The number of rotatable bonds is 6. The van der Waals surface area contributed by atoms with Crippen molar-refractivity contribution in [3.05, 3.63) is 10.5 Å². The highest BCUT2D eigenvalue weighted by atomic mass is 32.2. The number of nitrogens with zero attached hydrogens (tertiary/aromatic N) is 2. The van der Waals surface area contributed by atoms with Crippen molar-refractivity contribution in [2.45, 2.75) is 24.5 Å². The fourth-order valence-corrected chi connectivity index (χ4v) is 2.28. The number of hydrogen-bond donors (Lipinski definition) is 2. The number of H-pyrrole nitrogens is 1. The minimum Gasteiger partial charge on any atom is -0.481 e. The zero-order chi connectivity index (χ0) is 13.1. The number of thioether (sulfide) groups is 1. The lowest BCUT2D eigenvalue weighted by atomic mass is 10.1. The Morgan fingerprint density at radius 2 is 2.29 bits per heavy atom. The first-order valence-electron chi connectivity index (χ1n) is 4.90. The molecule has 0 spiro atoms. The number of carboxylic acids is 1. The predicted molar refractivity (Wildman–Crippen MR) is 62.4 cm³/mol. The zero-order valence-electron chi connectivity index (χ0n) is 9.89. The van der Waals surface area contributed by atoms with E-state index >= 15 is 0 Å². The van der Waals surface area contributed by atoms with Gasteiger partial charge in [0.15, 0.2) is 5.16 Å². The van der Waals surface area contributed by atoms with Crippen LogP contribution in [0.15, 0.2) is 9.95 Å². The Kier molecular flexibility index (Phi) is 4.35. The Balaban J connectivity index is 3.01. The molecule has 0 radical (unpaired) electrons. The maximum absolute atomic E-state index is 11.6. The topological polar surface area (TPSA) is 97.2 Å². The van der Waals surface area contributed by atoms with Crippen molar-refractivity contribution in [1.82, 2.24) is 14.8 Å². The lowest BCUT2D eigenvalue weighted by molar-refractivity contribution is -0.133. The monoisotopic (exact) mass is 261 g/mol. The molecule has 8 heteroatoms. The minimum absolute atomic E-state index is 0.145. The molecule has 0 bridgehead atoms. The molecule has 0 aliphatic rings. The SMILES string of the molecule is COCC(C)(C)n1c(SCC(=O)O)n[nH]c1=O. The summed E-state index contributed by atoms with van der Waals surface area (Å²) in [6.07, 6.45) is 0. The first kappa shape index (κ1) is 13.8. The van der Waals surface area contributed by atoms with Crippen LogP contribution < -0.4 is 5.69 Å². The molecule has 0 aliphatic carbocycles. The predicted octanol–water partition coefficient (Wildman–Crippen LogP) is 0.130. The average molecular weight is 261 g/mol. The molecule has 0 aliphatic heterocycles. The Morgan fingerprint density at radius 3 is 2.82 bits per heavy atom. The third-order valence-electron chi connectivity index (χ3n) is 2.07. The lowest BCUT2D eigenvalue weighted by Gasteiger charge is -2.25. The highest BCUT2D eigenvalue weighted by Gasteiger charge is 2.26. The lowest BCUT2D eigenvalue weighted by Crippen LogP contribution is -2.39. The number of ether oxygens (including phenoxy) is 1. The number of aromatic amines is 1. The molecule has 1 aromatic heterocycles. The van der Waals surface area contributed by atoms with E-state index < -0.39 is 11.5 Å². The molecule has 0 amide bonds. The van der Waals surface area contributed by atoms with Crippen LogP contribution in [-0.2, 0) is 15.1 Å². The quantitative estimate of drug-likeness (QED) is 0.706. The summed E-state index contributed by atoms with van der Waals surface area (Å²) in [5, 5.41) is 15.1. The zero-order valence-corrected chi connectivity index (χ0v) is 10.7. The van der Waals surface area contributed by atoms with Gasteiger partial charge in [-0.1, -0.05) is 11.8 Å². The van der Waals surface area contributed by atoms with Crippen LogP contribution in [0.4, 0.5) is 0 Å². The smallest absolute Gasteiger partial charge is 0.344 e. The highest BCUT2D eigenvalue weighted by molar-refractivity contribution is 7.99. The van der Waals surface area contributed by atoms with Crippen molar-refractivity contribution in [3.63, 3.8) is 0 Å². The van der Waals surface area contributed by atoms with E-state index in [0.717, 1.165) is 11.8 Å². The van der Waals surface area contributed by atoms with Crippen molar-refractivity contribution in [2.75, 3.05) is 19.5 Å². The molecule has 1 aromatic rings. The molecule has 1 rings (SSSR count). The van der Waals surface area contributed by atoms with Gasteiger partial charge in [-0.2, -0.15) is 0 Å². The molecule has 0 unspecified atom stereocenters. The standard InChI is InChI=1S/C9H15N3O4S/c1-9(2,5-16-3)12-7(15)10-11-8(12)17-4-6(13)14/h4-5H2,1-3H3,(H,10,15)(H,13,14). The third kappa shape index (κ3) is 3.34. The summed E-state index contributed by atoms with van der Waals surface area (Å²) in [6.45, 7) is 3.96. The van der Waals surface area contributed by atoms with Gasteiger partial charge in [0.2, 0.25) is 0 Å². The third-order valence-corrected chi connectivity index (χ3v) is 2.99. The minimum atomic E-state index is -0.957. The second kappa shape index (κ2) is 5.37. The van der Waals surface area contributed by atoms with E-state index in [4.69, 9.17) is 9.84 Å². The van der Waals surface area contributed by atoms with Gasteiger partial charge in [0.25, 0.3) is 0 Å². The Bertz CT molecular complexity index is 451. The van der Waals surface area contributed by atoms with Crippen LogP contribution in [0.3, 0.4) is 0 Å². The number of carboxylic acid groups (broad SMARTS) is 1. The normalized spacial score (nSPS) is 11.7. The molecule has 96 valence electrons. The second-order valence-electron chi connectivity index (χ2n) is 4.07. The van der Waals surface area contributed by atoms with Gasteiger partial charge in [0.05, 0.1) is 17.9 Å². The summed E-state index contributed by atoms with van der Waals surface area (Å²) >= 11 is 0.994. The van der Waals surface area contributed by atoms with Crippen molar-refractivity contribution >= 4 is 17.7 Å². The van der Waals surface area contributed by atoms with Gasteiger partial charge in [-0.25, -0.2) is 9.89 Å². The van der Waals surface area contributed by atoms with E-state index in [1.807, 2.05) is 13.8 Å². The Labute approximate surface area is 102 Å². The summed E-state index contributed by atoms with van der Waals surface area (Å²) in [5.74, 6) is -1.10. The maximum atomic E-state index is 11.6. The number of carbonyl (C=O) groups is 1. The van der Waals surface area contributed by atoms with E-state index in [1.165, 1.54) is 11.7 Å². The molecule has 7 nitrogen and oxygen atoms in total. The van der Waals surface area contributed by atoms with Gasteiger partial charge in [0.1, 0.15) is 0 Å². The number of aromatic nitrogens is 3. The molecule has 0 fully saturated rings. The second-order valence-corrected chi connectivity index (χ2v) is 5.02. The van der Waals surface area contributed by atoms with Gasteiger partial charge >= 0.3 is 11.7 Å². The molecule has 0 saturated heterocycles. The molecule has 1 heterocycles. The van der Waals surface area contributed by atoms with Crippen LogP contribution in [0.5, 0.6) is 0 Å². The molecule has 0 saturated carbocycles. The van der Waals surface area contributed by atoms with E-state index in [0.29, 0.717) is 11.8 Å². The number of hydrogen-bond acceptors (Lipinski definition) is 5. The molecular weight excluding hydrogens is 246 g/mol. The van der Waals surface area contributed by atoms with Crippen LogP contribution in [0.2, 0.25) is 0 Å². The summed E-state index contributed by atoms with van der Waals surface area (Å²) in [5.41, 5.74) is -0.959. The van der Waals surface area contributed by atoms with Crippen LogP contribution in [0.25, 0.3) is 0 Å². The molecular formula is C9H15N3O4S. The summed E-state index contributed by atoms with van der Waals surface area (Å²) < 4.78 is 6.45. The number of nitrogens with one attached hydrogen (secondary N) is 1. The largest absolute Gasteiger partial charge is 0.481 e. The van der Waals surface area contributed by atoms with Crippen molar-refractivity contribution < 1.29 is 14.6 Å². The average Bonchev–Trinajstić information content (AvgIpc) is 2.57. The summed E-state index contributed by atoms with van der Waals surface area (Å²) in [7, 11) is 1.54. The molecule has 2 N–H and O–H groups in total. The highest BCUT2D eigenvalue weighted by Crippen LogP contribution is 2.21. The summed E-state index contributed by atoms with van der Waals surface area (Å²) in [6, 6.07) is 0. The first-order chi connectivity index (χ1) is 7.88. The van der Waals surface area contributed by atoms with E-state index in [1.54, 1.807) is 0 Å². The Hall–Kier alpha value is -1.28. The van der Waals surface area contributed by atoms with Crippen LogP contribution in [0.1, 0.15) is 13.8 Å². The first-order valence-corrected chi connectivity index (χ1v) is 5.88. The summed E-state index contributed by atoms with van der Waals surface area (Å²) in [4.78, 5) is 22.1. The fourth-order valence-electron chi connectivity index (χ4n) is 1.46.